The Morgan fingerprint density at radius 2 is 1.95 bits per heavy atom. The molecule has 7 heteroatoms. The van der Waals surface area contributed by atoms with Gasteiger partial charge in [0.25, 0.3) is 0 Å². The monoisotopic (exact) mass is 305 g/mol. The number of hydrogen-bond donors (Lipinski definition) is 0. The van der Waals surface area contributed by atoms with Gasteiger partial charge in [-0.3, -0.25) is 0 Å². The van der Waals surface area contributed by atoms with E-state index in [1.807, 2.05) is 0 Å². The number of esters is 1. The lowest BCUT2D eigenvalue weighted by molar-refractivity contribution is 0.0508. The minimum Gasteiger partial charge on any atom is -0.497 e. The maximum atomic E-state index is 12.0. The van der Waals surface area contributed by atoms with Gasteiger partial charge in [-0.2, -0.15) is 5.10 Å². The lowest BCUT2D eigenvalue weighted by Gasteiger charge is -2.06. The molecule has 0 bridgehead atoms. The highest BCUT2D eigenvalue weighted by atomic mass is 16.5. The largest absolute Gasteiger partial charge is 0.497 e. The maximum absolute atomic E-state index is 12.0. The van der Waals surface area contributed by atoms with E-state index in [0.29, 0.717) is 24.5 Å². The highest BCUT2D eigenvalue weighted by Crippen LogP contribution is 2.16. The van der Waals surface area contributed by atoms with Crippen LogP contribution in [0.15, 0.2) is 24.3 Å². The van der Waals surface area contributed by atoms with E-state index in [-0.39, 0.29) is 12.4 Å². The third-order valence-electron chi connectivity index (χ3n) is 2.96. The number of nitrogens with zero attached hydrogens (tertiary/aromatic N) is 3. The van der Waals surface area contributed by atoms with Crippen molar-refractivity contribution in [2.24, 2.45) is 0 Å². The number of benzene rings is 1. The molecule has 0 atom stereocenters. The molecule has 0 fully saturated rings. The summed E-state index contributed by atoms with van der Waals surface area (Å²) in [7, 11) is 3.20. The molecular formula is C15H19N3O4. The predicted octanol–water partition coefficient (Wildman–Crippen LogP) is 1.64. The van der Waals surface area contributed by atoms with E-state index in [4.69, 9.17) is 14.2 Å². The lowest BCUT2D eigenvalue weighted by Crippen LogP contribution is -2.13. The number of carbonyl (C=O) groups is 1. The fourth-order valence-electron chi connectivity index (χ4n) is 1.89. The number of ether oxygens (including phenoxy) is 3. The first-order valence-electron chi connectivity index (χ1n) is 6.96. The quantitative estimate of drug-likeness (QED) is 0.724. The molecule has 0 aliphatic carbocycles. The summed E-state index contributed by atoms with van der Waals surface area (Å²) >= 11 is 0. The third kappa shape index (κ3) is 3.62. The van der Waals surface area contributed by atoms with E-state index in [9.17, 15) is 4.79 Å². The molecule has 2 rings (SSSR count). The topological polar surface area (TPSA) is 75.5 Å². The predicted molar refractivity (Wildman–Crippen MR) is 79.4 cm³/mol. The molecule has 0 aliphatic rings. The van der Waals surface area contributed by atoms with Crippen LogP contribution in [0.2, 0.25) is 0 Å². The highest BCUT2D eigenvalue weighted by molar-refractivity contribution is 5.86. The number of carbonyl (C=O) groups excluding carboxylic acids is 1. The summed E-state index contributed by atoms with van der Waals surface area (Å²) in [6.45, 7) is 2.51. The minimum absolute atomic E-state index is 0.151. The molecule has 0 radical (unpaired) electrons. The average molecular weight is 305 g/mol. The van der Waals surface area contributed by atoms with Gasteiger partial charge in [-0.1, -0.05) is 0 Å². The second-order valence-electron chi connectivity index (χ2n) is 4.42. The number of methoxy groups -OCH3 is 2. The smallest absolute Gasteiger partial charge is 0.376 e. The van der Waals surface area contributed by atoms with E-state index in [1.54, 1.807) is 45.4 Å². The summed E-state index contributed by atoms with van der Waals surface area (Å²) in [5.74, 6) is 0.898. The first-order chi connectivity index (χ1) is 10.7. The molecule has 2 aromatic rings. The van der Waals surface area contributed by atoms with Gasteiger partial charge in [0, 0.05) is 13.5 Å². The normalized spacial score (nSPS) is 10.5. The van der Waals surface area contributed by atoms with Crippen LogP contribution >= 0.6 is 0 Å². The molecule has 1 aromatic carbocycles. The zero-order valence-corrected chi connectivity index (χ0v) is 12.9. The fraction of sp³-hybridized carbons (Fsp3) is 0.400. The molecule has 7 nitrogen and oxygen atoms in total. The molecule has 118 valence electrons. The Labute approximate surface area is 128 Å². The first kappa shape index (κ1) is 16.0. The Bertz CT molecular complexity index is 622. The van der Waals surface area contributed by atoms with Gasteiger partial charge in [0.15, 0.2) is 5.82 Å². The standard InChI is InChI=1S/C15H19N3O4/c1-4-22-15(19)14-16-13(9-10-20-2)17-18(14)11-5-7-12(21-3)8-6-11/h5-8H,4,9-10H2,1-3H3. The van der Waals surface area contributed by atoms with Crippen molar-refractivity contribution in [3.05, 3.63) is 35.9 Å². The molecule has 0 unspecified atom stereocenters. The highest BCUT2D eigenvalue weighted by Gasteiger charge is 2.19. The van der Waals surface area contributed by atoms with Crippen LogP contribution in [0.1, 0.15) is 23.4 Å². The zero-order chi connectivity index (χ0) is 15.9. The molecule has 0 saturated heterocycles. The Balaban J connectivity index is 2.37. The van der Waals surface area contributed by atoms with Gasteiger partial charge >= 0.3 is 5.97 Å². The van der Waals surface area contributed by atoms with E-state index in [2.05, 4.69) is 10.1 Å². The van der Waals surface area contributed by atoms with Gasteiger partial charge in [-0.25, -0.2) is 14.5 Å². The second kappa shape index (κ2) is 7.56. The van der Waals surface area contributed by atoms with Gasteiger partial charge in [0.1, 0.15) is 5.75 Å². The van der Waals surface area contributed by atoms with Crippen molar-refractivity contribution in [3.63, 3.8) is 0 Å². The van der Waals surface area contributed by atoms with Crippen LogP contribution in [0.5, 0.6) is 5.75 Å². The summed E-state index contributed by atoms with van der Waals surface area (Å²) in [5.41, 5.74) is 0.708. The van der Waals surface area contributed by atoms with Crippen LogP contribution in [-0.4, -0.2) is 48.2 Å². The summed E-state index contributed by atoms with van der Waals surface area (Å²) in [4.78, 5) is 16.3. The van der Waals surface area contributed by atoms with Gasteiger partial charge in [0.2, 0.25) is 5.82 Å². The second-order valence-corrected chi connectivity index (χ2v) is 4.42. The van der Waals surface area contributed by atoms with Crippen LogP contribution in [0.25, 0.3) is 5.69 Å². The van der Waals surface area contributed by atoms with Crippen molar-refractivity contribution in [2.45, 2.75) is 13.3 Å². The molecule has 0 aliphatic heterocycles. The molecule has 0 saturated carbocycles. The van der Waals surface area contributed by atoms with Gasteiger partial charge in [-0.05, 0) is 31.2 Å². The number of aromatic nitrogens is 3. The van der Waals surface area contributed by atoms with E-state index < -0.39 is 5.97 Å². The van der Waals surface area contributed by atoms with Gasteiger partial charge < -0.3 is 14.2 Å². The van der Waals surface area contributed by atoms with Gasteiger partial charge in [0.05, 0.1) is 26.0 Å². The third-order valence-corrected chi connectivity index (χ3v) is 2.96. The van der Waals surface area contributed by atoms with Crippen LogP contribution in [0, 0.1) is 0 Å². The molecule has 0 spiro atoms. The van der Waals surface area contributed by atoms with Crippen LogP contribution < -0.4 is 4.74 Å². The molecule has 0 amide bonds. The van der Waals surface area contributed by atoms with E-state index in [1.165, 1.54) is 4.68 Å². The average Bonchev–Trinajstić information content (AvgIpc) is 2.97. The summed E-state index contributed by atoms with van der Waals surface area (Å²) in [6.07, 6.45) is 0.520. The summed E-state index contributed by atoms with van der Waals surface area (Å²) < 4.78 is 16.7. The van der Waals surface area contributed by atoms with Crippen molar-refractivity contribution < 1.29 is 19.0 Å². The zero-order valence-electron chi connectivity index (χ0n) is 12.9. The molecular weight excluding hydrogens is 286 g/mol. The SMILES string of the molecule is CCOC(=O)c1nc(CCOC)nn1-c1ccc(OC)cc1. The van der Waals surface area contributed by atoms with Crippen LogP contribution in [-0.2, 0) is 15.9 Å². The van der Waals surface area contributed by atoms with Crippen LogP contribution in [0.3, 0.4) is 0 Å². The maximum Gasteiger partial charge on any atom is 0.376 e. The molecule has 22 heavy (non-hydrogen) atoms. The Morgan fingerprint density at radius 3 is 2.55 bits per heavy atom. The van der Waals surface area contributed by atoms with Crippen molar-refractivity contribution in [1.82, 2.24) is 14.8 Å². The van der Waals surface area contributed by atoms with E-state index >= 15 is 0 Å². The fourth-order valence-corrected chi connectivity index (χ4v) is 1.89. The Kier molecular flexibility index (Phi) is 5.48. The molecule has 0 N–H and O–H groups in total. The molecule has 1 aromatic heterocycles. The first-order valence-corrected chi connectivity index (χ1v) is 6.96. The van der Waals surface area contributed by atoms with E-state index in [0.717, 1.165) is 5.75 Å². The Hall–Kier alpha value is -2.41. The van der Waals surface area contributed by atoms with Gasteiger partial charge in [-0.15, -0.1) is 0 Å². The van der Waals surface area contributed by atoms with Crippen molar-refractivity contribution in [3.8, 4) is 11.4 Å². The number of hydrogen-bond acceptors (Lipinski definition) is 6. The number of rotatable bonds is 7. The summed E-state index contributed by atoms with van der Waals surface area (Å²) in [6, 6.07) is 7.19. The van der Waals surface area contributed by atoms with Crippen molar-refractivity contribution >= 4 is 5.97 Å². The lowest BCUT2D eigenvalue weighted by atomic mass is 10.3. The minimum atomic E-state index is -0.505. The van der Waals surface area contributed by atoms with Crippen molar-refractivity contribution in [2.75, 3.05) is 27.4 Å². The Morgan fingerprint density at radius 1 is 1.23 bits per heavy atom. The molecule has 1 heterocycles. The van der Waals surface area contributed by atoms with Crippen molar-refractivity contribution in [1.29, 1.82) is 0 Å². The summed E-state index contributed by atoms with van der Waals surface area (Å²) in [5, 5.41) is 4.36. The van der Waals surface area contributed by atoms with Crippen LogP contribution in [0.4, 0.5) is 0 Å².